The van der Waals surface area contributed by atoms with Gasteiger partial charge in [-0.15, -0.1) is 0 Å². The lowest BCUT2D eigenvalue weighted by molar-refractivity contribution is 0.0935. The van der Waals surface area contributed by atoms with E-state index in [2.05, 4.69) is 31.0 Å². The van der Waals surface area contributed by atoms with Crippen molar-refractivity contribution >= 4 is 5.91 Å². The zero-order valence-corrected chi connectivity index (χ0v) is 12.4. The van der Waals surface area contributed by atoms with Gasteiger partial charge in [0.05, 0.1) is 5.56 Å². The molecule has 1 amide bonds. The van der Waals surface area contributed by atoms with Crippen molar-refractivity contribution in [1.82, 2.24) is 5.32 Å². The van der Waals surface area contributed by atoms with Gasteiger partial charge in [-0.25, -0.2) is 4.39 Å². The van der Waals surface area contributed by atoms with Crippen molar-refractivity contribution in [1.29, 1.82) is 0 Å². The quantitative estimate of drug-likeness (QED) is 0.836. The lowest BCUT2D eigenvalue weighted by Gasteiger charge is -2.20. The van der Waals surface area contributed by atoms with Gasteiger partial charge in [0.2, 0.25) is 0 Å². The Kier molecular flexibility index (Phi) is 4.64. The molecule has 3 nitrogen and oxygen atoms in total. The van der Waals surface area contributed by atoms with Crippen LogP contribution in [-0.4, -0.2) is 24.2 Å². The second kappa shape index (κ2) is 6.28. The molecule has 21 heavy (non-hydrogen) atoms. The number of rotatable bonds is 4. The number of benzene rings is 1. The van der Waals surface area contributed by atoms with Gasteiger partial charge in [-0.3, -0.25) is 4.79 Å². The predicted molar refractivity (Wildman–Crippen MR) is 79.2 cm³/mol. The van der Waals surface area contributed by atoms with Crippen molar-refractivity contribution < 1.29 is 14.3 Å². The van der Waals surface area contributed by atoms with Crippen LogP contribution in [-0.2, 0) is 0 Å². The number of aliphatic hydroxyl groups is 1. The van der Waals surface area contributed by atoms with E-state index in [-0.39, 0.29) is 17.6 Å². The van der Waals surface area contributed by atoms with E-state index in [1.807, 2.05) is 0 Å². The third kappa shape index (κ3) is 3.62. The molecule has 0 aliphatic heterocycles. The molecule has 1 saturated carbocycles. The van der Waals surface area contributed by atoms with Crippen molar-refractivity contribution in [2.75, 3.05) is 13.2 Å². The molecule has 0 aromatic heterocycles. The number of amides is 1. The summed E-state index contributed by atoms with van der Waals surface area (Å²) in [5.41, 5.74) is 0.695. The summed E-state index contributed by atoms with van der Waals surface area (Å²) < 4.78 is 13.8. The molecule has 2 N–H and O–H groups in total. The lowest BCUT2D eigenvalue weighted by Crippen LogP contribution is -2.33. The van der Waals surface area contributed by atoms with Crippen LogP contribution in [0.15, 0.2) is 18.2 Å². The van der Waals surface area contributed by atoms with Crippen LogP contribution in [0.3, 0.4) is 0 Å². The number of carbonyl (C=O) groups is 1. The summed E-state index contributed by atoms with van der Waals surface area (Å²) in [5.74, 6) is 4.69. The first-order valence-corrected chi connectivity index (χ1v) is 7.16. The van der Waals surface area contributed by atoms with Crippen LogP contribution in [0, 0.1) is 29.0 Å². The van der Waals surface area contributed by atoms with Crippen LogP contribution >= 0.6 is 0 Å². The largest absolute Gasteiger partial charge is 0.384 e. The van der Waals surface area contributed by atoms with Crippen molar-refractivity contribution in [3.05, 3.63) is 35.1 Å². The van der Waals surface area contributed by atoms with Crippen LogP contribution in [0.2, 0.25) is 0 Å². The minimum atomic E-state index is -0.559. The van der Waals surface area contributed by atoms with E-state index in [1.165, 1.54) is 18.2 Å². The van der Waals surface area contributed by atoms with E-state index in [0.717, 1.165) is 12.8 Å². The molecule has 0 unspecified atom stereocenters. The summed E-state index contributed by atoms with van der Waals surface area (Å²) in [4.78, 5) is 12.1. The van der Waals surface area contributed by atoms with E-state index in [1.54, 1.807) is 0 Å². The highest BCUT2D eigenvalue weighted by Crippen LogP contribution is 2.51. The number of hydrogen-bond acceptors (Lipinski definition) is 2. The molecule has 112 valence electrons. The Morgan fingerprint density at radius 3 is 2.76 bits per heavy atom. The molecule has 1 fully saturated rings. The molecule has 1 aliphatic rings. The van der Waals surface area contributed by atoms with Crippen LogP contribution in [0.5, 0.6) is 0 Å². The summed E-state index contributed by atoms with van der Waals surface area (Å²) in [6, 6.07) is 4.14. The fourth-order valence-corrected chi connectivity index (χ4v) is 2.39. The van der Waals surface area contributed by atoms with Gasteiger partial charge < -0.3 is 10.4 Å². The molecular formula is C17H20FNO2. The minimum absolute atomic E-state index is 0.000652. The molecule has 0 bridgehead atoms. The number of carbonyl (C=O) groups excluding carboxylic acids is 1. The zero-order chi connectivity index (χ0) is 15.5. The smallest absolute Gasteiger partial charge is 0.254 e. The van der Waals surface area contributed by atoms with Crippen molar-refractivity contribution in [2.24, 2.45) is 11.3 Å². The van der Waals surface area contributed by atoms with E-state index < -0.39 is 11.7 Å². The summed E-state index contributed by atoms with van der Waals surface area (Å²) in [6.45, 7) is 4.60. The Balaban J connectivity index is 2.08. The van der Waals surface area contributed by atoms with Crippen molar-refractivity contribution in [3.8, 4) is 11.8 Å². The number of hydrogen-bond donors (Lipinski definition) is 2. The first-order valence-electron chi connectivity index (χ1n) is 7.16. The topological polar surface area (TPSA) is 49.3 Å². The lowest BCUT2D eigenvalue weighted by atomic mass is 9.92. The highest BCUT2D eigenvalue weighted by molar-refractivity contribution is 5.94. The Hall–Kier alpha value is -1.86. The first-order chi connectivity index (χ1) is 9.98. The van der Waals surface area contributed by atoms with Gasteiger partial charge in [0, 0.05) is 12.1 Å². The molecule has 1 aromatic carbocycles. The molecule has 1 aromatic rings. The highest BCUT2D eigenvalue weighted by Gasteiger charge is 2.45. The fourth-order valence-electron chi connectivity index (χ4n) is 2.39. The average Bonchev–Trinajstić information content (AvgIpc) is 3.25. The SMILES string of the molecule is CC(C)C1(CNC(=O)c2cc(C#CCO)ccc2F)CC1. The van der Waals surface area contributed by atoms with Crippen LogP contribution in [0.4, 0.5) is 4.39 Å². The van der Waals surface area contributed by atoms with Crippen LogP contribution in [0.25, 0.3) is 0 Å². The fraction of sp³-hybridized carbons (Fsp3) is 0.471. The first kappa shape index (κ1) is 15.5. The molecular weight excluding hydrogens is 269 g/mol. The van der Waals surface area contributed by atoms with Gasteiger partial charge in [-0.2, -0.15) is 0 Å². The summed E-state index contributed by atoms with van der Waals surface area (Å²) in [7, 11) is 0. The molecule has 0 spiro atoms. The number of aliphatic hydroxyl groups excluding tert-OH is 1. The molecule has 0 radical (unpaired) electrons. The van der Waals surface area contributed by atoms with Gasteiger partial charge >= 0.3 is 0 Å². The molecule has 0 heterocycles. The van der Waals surface area contributed by atoms with Gasteiger partial charge in [-0.05, 0) is 42.4 Å². The normalized spacial score (nSPS) is 15.3. The number of halogens is 1. The predicted octanol–water partition coefficient (Wildman–Crippen LogP) is 2.34. The van der Waals surface area contributed by atoms with E-state index in [4.69, 9.17) is 5.11 Å². The van der Waals surface area contributed by atoms with Gasteiger partial charge in [0.25, 0.3) is 5.91 Å². The minimum Gasteiger partial charge on any atom is -0.384 e. The Morgan fingerprint density at radius 2 is 2.19 bits per heavy atom. The Labute approximate surface area is 124 Å². The average molecular weight is 289 g/mol. The molecule has 1 aliphatic carbocycles. The highest BCUT2D eigenvalue weighted by atomic mass is 19.1. The Bertz CT molecular complexity index is 595. The molecule has 0 atom stereocenters. The zero-order valence-electron chi connectivity index (χ0n) is 12.4. The maximum Gasteiger partial charge on any atom is 0.254 e. The molecule has 0 saturated heterocycles. The van der Waals surface area contributed by atoms with E-state index in [0.29, 0.717) is 18.0 Å². The second-order valence-corrected chi connectivity index (χ2v) is 5.85. The van der Waals surface area contributed by atoms with Gasteiger partial charge in [-0.1, -0.05) is 25.7 Å². The van der Waals surface area contributed by atoms with Gasteiger partial charge in [0.15, 0.2) is 0 Å². The van der Waals surface area contributed by atoms with E-state index >= 15 is 0 Å². The van der Waals surface area contributed by atoms with Crippen molar-refractivity contribution in [2.45, 2.75) is 26.7 Å². The van der Waals surface area contributed by atoms with E-state index in [9.17, 15) is 9.18 Å². The summed E-state index contributed by atoms with van der Waals surface area (Å²) in [5, 5.41) is 11.5. The summed E-state index contributed by atoms with van der Waals surface area (Å²) >= 11 is 0. The molecule has 4 heteroatoms. The van der Waals surface area contributed by atoms with Crippen LogP contribution < -0.4 is 5.32 Å². The van der Waals surface area contributed by atoms with Crippen LogP contribution in [0.1, 0.15) is 42.6 Å². The van der Waals surface area contributed by atoms with Crippen molar-refractivity contribution in [3.63, 3.8) is 0 Å². The second-order valence-electron chi connectivity index (χ2n) is 5.85. The van der Waals surface area contributed by atoms with Gasteiger partial charge in [0.1, 0.15) is 12.4 Å². The maximum absolute atomic E-state index is 13.8. The summed E-state index contributed by atoms with van der Waals surface area (Å²) in [6.07, 6.45) is 2.21. The number of nitrogens with one attached hydrogen (secondary N) is 1. The maximum atomic E-state index is 13.8. The molecule has 2 rings (SSSR count). The Morgan fingerprint density at radius 1 is 1.48 bits per heavy atom. The monoisotopic (exact) mass is 289 g/mol. The standard InChI is InChI=1S/C17H20FNO2/c1-12(2)17(7-8-17)11-19-16(21)14-10-13(4-3-9-20)5-6-15(14)18/h5-6,10,12,20H,7-9,11H2,1-2H3,(H,19,21). The third-order valence-corrected chi connectivity index (χ3v) is 4.24. The third-order valence-electron chi connectivity index (χ3n) is 4.24.